The monoisotopic (exact) mass is 280 g/mol. The van der Waals surface area contributed by atoms with Gasteiger partial charge in [0.05, 0.1) is 7.11 Å². The first-order chi connectivity index (χ1) is 7.67. The molecule has 1 aromatic carbocycles. The number of halogens is 1. The van der Waals surface area contributed by atoms with E-state index in [0.29, 0.717) is 0 Å². The zero-order chi connectivity index (χ0) is 12.0. The molecule has 0 fully saturated rings. The maximum Gasteiger partial charge on any atom is 0.350 e. The van der Waals surface area contributed by atoms with Crippen molar-refractivity contribution in [3.8, 4) is 6.07 Å². The van der Waals surface area contributed by atoms with Gasteiger partial charge in [-0.25, -0.2) is 4.79 Å². The minimum atomic E-state index is -0.660. The van der Waals surface area contributed by atoms with E-state index in [9.17, 15) is 4.79 Å². The molecule has 0 atom stereocenters. The molecular formula is C11H9BrN2O2. The van der Waals surface area contributed by atoms with Crippen LogP contribution in [0.1, 0.15) is 0 Å². The minimum absolute atomic E-state index is 0.0783. The van der Waals surface area contributed by atoms with Crippen LogP contribution in [0.2, 0.25) is 0 Å². The number of methoxy groups -OCH3 is 1. The van der Waals surface area contributed by atoms with Gasteiger partial charge in [0.25, 0.3) is 0 Å². The van der Waals surface area contributed by atoms with Gasteiger partial charge in [-0.2, -0.15) is 5.26 Å². The first kappa shape index (κ1) is 12.3. The van der Waals surface area contributed by atoms with Gasteiger partial charge in [-0.05, 0) is 24.3 Å². The first-order valence-electron chi connectivity index (χ1n) is 4.38. The van der Waals surface area contributed by atoms with E-state index in [1.165, 1.54) is 13.3 Å². The van der Waals surface area contributed by atoms with Crippen LogP contribution in [-0.2, 0) is 9.53 Å². The van der Waals surface area contributed by atoms with Crippen molar-refractivity contribution in [2.45, 2.75) is 0 Å². The molecule has 0 saturated heterocycles. The fourth-order valence-corrected chi connectivity index (χ4v) is 1.21. The van der Waals surface area contributed by atoms with Crippen LogP contribution in [0.4, 0.5) is 5.69 Å². The molecule has 0 amide bonds. The second kappa shape index (κ2) is 5.93. The van der Waals surface area contributed by atoms with Crippen LogP contribution in [0.3, 0.4) is 0 Å². The van der Waals surface area contributed by atoms with Crippen LogP contribution >= 0.6 is 15.9 Å². The van der Waals surface area contributed by atoms with E-state index in [0.717, 1.165) is 10.2 Å². The Morgan fingerprint density at radius 3 is 2.62 bits per heavy atom. The highest BCUT2D eigenvalue weighted by molar-refractivity contribution is 9.10. The van der Waals surface area contributed by atoms with Crippen LogP contribution in [0.15, 0.2) is 40.5 Å². The Morgan fingerprint density at radius 2 is 2.12 bits per heavy atom. The molecule has 0 aliphatic carbocycles. The highest BCUT2D eigenvalue weighted by Crippen LogP contribution is 2.14. The molecule has 1 N–H and O–H groups in total. The molecule has 0 heterocycles. The van der Waals surface area contributed by atoms with Crippen LogP contribution in [0, 0.1) is 11.3 Å². The molecule has 16 heavy (non-hydrogen) atoms. The van der Waals surface area contributed by atoms with Gasteiger partial charge < -0.3 is 10.1 Å². The lowest BCUT2D eigenvalue weighted by molar-refractivity contribution is -0.135. The lowest BCUT2D eigenvalue weighted by Gasteiger charge is -2.01. The summed E-state index contributed by atoms with van der Waals surface area (Å²) < 4.78 is 5.39. The first-order valence-corrected chi connectivity index (χ1v) is 5.17. The fourth-order valence-electron chi connectivity index (χ4n) is 0.948. The molecule has 0 aromatic heterocycles. The Balaban J connectivity index is 2.75. The number of hydrogen-bond donors (Lipinski definition) is 1. The standard InChI is InChI=1S/C11H9BrN2O2/c1-16-11(15)8(6-13)7-14-10-4-2-9(12)3-5-10/h2-5,7,14H,1H3/b8-7+. The van der Waals surface area contributed by atoms with Gasteiger partial charge >= 0.3 is 5.97 Å². The number of anilines is 1. The van der Waals surface area contributed by atoms with E-state index in [2.05, 4.69) is 26.0 Å². The molecule has 0 spiro atoms. The number of carbonyl (C=O) groups is 1. The van der Waals surface area contributed by atoms with Crippen molar-refractivity contribution < 1.29 is 9.53 Å². The summed E-state index contributed by atoms with van der Waals surface area (Å²) in [5.74, 6) is -0.660. The van der Waals surface area contributed by atoms with E-state index in [-0.39, 0.29) is 5.57 Å². The second-order valence-electron chi connectivity index (χ2n) is 2.81. The van der Waals surface area contributed by atoms with Crippen molar-refractivity contribution in [1.29, 1.82) is 5.26 Å². The van der Waals surface area contributed by atoms with E-state index in [1.54, 1.807) is 6.07 Å². The third-order valence-electron chi connectivity index (χ3n) is 1.75. The Bertz CT molecular complexity index is 446. The number of hydrogen-bond acceptors (Lipinski definition) is 4. The number of rotatable bonds is 3. The summed E-state index contributed by atoms with van der Waals surface area (Å²) in [4.78, 5) is 11.1. The summed E-state index contributed by atoms with van der Waals surface area (Å²) in [5.41, 5.74) is 0.699. The Labute approximate surface area is 102 Å². The van der Waals surface area contributed by atoms with Gasteiger partial charge in [-0.15, -0.1) is 0 Å². The topological polar surface area (TPSA) is 62.1 Å². The third kappa shape index (κ3) is 3.41. The molecular weight excluding hydrogens is 272 g/mol. The third-order valence-corrected chi connectivity index (χ3v) is 2.28. The van der Waals surface area contributed by atoms with Crippen LogP contribution in [-0.4, -0.2) is 13.1 Å². The lowest BCUT2D eigenvalue weighted by atomic mass is 10.3. The zero-order valence-corrected chi connectivity index (χ0v) is 10.1. The molecule has 1 rings (SSSR count). The summed E-state index contributed by atoms with van der Waals surface area (Å²) in [6.45, 7) is 0. The van der Waals surface area contributed by atoms with Gasteiger partial charge in [-0.3, -0.25) is 0 Å². The maximum absolute atomic E-state index is 11.1. The van der Waals surface area contributed by atoms with E-state index in [1.807, 2.05) is 24.3 Å². The van der Waals surface area contributed by atoms with Crippen molar-refractivity contribution in [2.24, 2.45) is 0 Å². The molecule has 5 heteroatoms. The summed E-state index contributed by atoms with van der Waals surface area (Å²) in [6, 6.07) is 9.07. The molecule has 0 unspecified atom stereocenters. The van der Waals surface area contributed by atoms with E-state index in [4.69, 9.17) is 5.26 Å². The molecule has 0 aliphatic heterocycles. The molecule has 0 aliphatic rings. The number of nitrogens with zero attached hydrogens (tertiary/aromatic N) is 1. The van der Waals surface area contributed by atoms with Crippen molar-refractivity contribution in [3.05, 3.63) is 40.5 Å². The fraction of sp³-hybridized carbons (Fsp3) is 0.0909. The Morgan fingerprint density at radius 1 is 1.50 bits per heavy atom. The maximum atomic E-state index is 11.1. The average Bonchev–Trinajstić information content (AvgIpc) is 2.31. The van der Waals surface area contributed by atoms with Crippen LogP contribution < -0.4 is 5.32 Å². The molecule has 0 bridgehead atoms. The van der Waals surface area contributed by atoms with Gasteiger partial charge in [0.2, 0.25) is 0 Å². The largest absolute Gasteiger partial charge is 0.465 e. The molecule has 0 saturated carbocycles. The average molecular weight is 281 g/mol. The number of carbonyl (C=O) groups excluding carboxylic acids is 1. The van der Waals surface area contributed by atoms with Gasteiger partial charge in [0.15, 0.2) is 5.57 Å². The van der Waals surface area contributed by atoms with Gasteiger partial charge in [0.1, 0.15) is 6.07 Å². The van der Waals surface area contributed by atoms with E-state index < -0.39 is 5.97 Å². The summed E-state index contributed by atoms with van der Waals surface area (Å²) >= 11 is 3.30. The summed E-state index contributed by atoms with van der Waals surface area (Å²) in [5, 5.41) is 11.5. The van der Waals surface area contributed by atoms with Gasteiger partial charge in [0, 0.05) is 16.4 Å². The molecule has 1 aromatic rings. The van der Waals surface area contributed by atoms with E-state index >= 15 is 0 Å². The Hall–Kier alpha value is -1.80. The van der Waals surface area contributed by atoms with Crippen molar-refractivity contribution in [1.82, 2.24) is 0 Å². The lowest BCUT2D eigenvalue weighted by Crippen LogP contribution is -2.05. The number of esters is 1. The minimum Gasteiger partial charge on any atom is -0.465 e. The quantitative estimate of drug-likeness (QED) is 0.525. The number of nitrogens with one attached hydrogen (secondary N) is 1. The SMILES string of the molecule is COC(=O)/C(C#N)=C/Nc1ccc(Br)cc1. The molecule has 4 nitrogen and oxygen atoms in total. The number of ether oxygens (including phenoxy) is 1. The predicted molar refractivity (Wildman–Crippen MR) is 63.5 cm³/mol. The second-order valence-corrected chi connectivity index (χ2v) is 3.73. The van der Waals surface area contributed by atoms with Crippen molar-refractivity contribution >= 4 is 27.6 Å². The van der Waals surface area contributed by atoms with Gasteiger partial charge in [-0.1, -0.05) is 15.9 Å². The summed E-state index contributed by atoms with van der Waals surface area (Å²) in [7, 11) is 1.23. The van der Waals surface area contributed by atoms with Crippen LogP contribution in [0.25, 0.3) is 0 Å². The Kier molecular flexibility index (Phi) is 4.55. The normalized spacial score (nSPS) is 10.4. The zero-order valence-electron chi connectivity index (χ0n) is 8.53. The predicted octanol–water partition coefficient (Wildman–Crippen LogP) is 2.44. The summed E-state index contributed by atoms with van der Waals surface area (Å²) in [6.07, 6.45) is 1.31. The molecule has 82 valence electrons. The number of nitriles is 1. The van der Waals surface area contributed by atoms with Crippen molar-refractivity contribution in [3.63, 3.8) is 0 Å². The van der Waals surface area contributed by atoms with Crippen molar-refractivity contribution in [2.75, 3.05) is 12.4 Å². The number of benzene rings is 1. The molecule has 0 radical (unpaired) electrons. The smallest absolute Gasteiger partial charge is 0.350 e. The highest BCUT2D eigenvalue weighted by Gasteiger charge is 2.07. The highest BCUT2D eigenvalue weighted by atomic mass is 79.9. The van der Waals surface area contributed by atoms with Crippen LogP contribution in [0.5, 0.6) is 0 Å².